The fraction of sp³-hybridized carbons (Fsp3) is 0.385. The molecule has 1 aliphatic heterocycles. The van der Waals surface area contributed by atoms with E-state index in [1.165, 1.54) is 30.5 Å². The molecule has 2 atom stereocenters. The first-order chi connectivity index (χ1) is 18.3. The molecule has 3 heterocycles. The Morgan fingerprint density at radius 1 is 1.13 bits per heavy atom. The molecule has 1 aliphatic carbocycles. The Balaban J connectivity index is 1.74. The van der Waals surface area contributed by atoms with Crippen LogP contribution in [0.4, 0.5) is 27.8 Å². The molecule has 1 aromatic carbocycles. The van der Waals surface area contributed by atoms with Crippen LogP contribution in [-0.4, -0.2) is 51.3 Å². The molecule has 206 valence electrons. The number of benzene rings is 1. The lowest BCUT2D eigenvalue weighted by molar-refractivity contribution is -0.158. The Hall–Kier alpha value is -3.87. The van der Waals surface area contributed by atoms with Gasteiger partial charge in [0.1, 0.15) is 17.4 Å². The summed E-state index contributed by atoms with van der Waals surface area (Å²) in [5.41, 5.74) is -1.07. The summed E-state index contributed by atoms with van der Waals surface area (Å²) in [6.45, 7) is 2.83. The second-order valence-corrected chi connectivity index (χ2v) is 9.99. The van der Waals surface area contributed by atoms with Crippen LogP contribution >= 0.6 is 0 Å². The Morgan fingerprint density at radius 3 is 2.31 bits per heavy atom. The molecule has 0 spiro atoms. The minimum Gasteiger partial charge on any atom is -0.391 e. The van der Waals surface area contributed by atoms with Crippen molar-refractivity contribution in [2.24, 2.45) is 5.92 Å². The molecule has 3 aromatic rings. The van der Waals surface area contributed by atoms with Gasteiger partial charge in [0.25, 0.3) is 5.91 Å². The molecule has 5 rings (SSSR count). The monoisotopic (exact) mass is 550 g/mol. The number of aromatic nitrogens is 2. The van der Waals surface area contributed by atoms with Gasteiger partial charge in [-0.1, -0.05) is 0 Å². The van der Waals surface area contributed by atoms with E-state index in [0.29, 0.717) is 11.1 Å². The molecule has 2 aliphatic rings. The zero-order valence-electron chi connectivity index (χ0n) is 20.8. The number of β-amino-alcohol motifs (C(OH)–C–C–N with tert-alkyl or cyclic N) is 1. The number of carbonyl (C=O) groups excluding carboxylic acids is 2. The quantitative estimate of drug-likeness (QED) is 0.474. The van der Waals surface area contributed by atoms with Gasteiger partial charge in [0, 0.05) is 6.20 Å². The first kappa shape index (κ1) is 26.7. The number of aliphatic hydroxyl groups is 1. The van der Waals surface area contributed by atoms with Gasteiger partial charge in [-0.2, -0.15) is 13.2 Å². The van der Waals surface area contributed by atoms with Crippen molar-refractivity contribution >= 4 is 28.7 Å². The lowest BCUT2D eigenvalue weighted by Gasteiger charge is -2.23. The molecule has 2 fully saturated rings. The van der Waals surface area contributed by atoms with E-state index in [9.17, 15) is 37.1 Å². The van der Waals surface area contributed by atoms with Crippen molar-refractivity contribution in [2.75, 3.05) is 11.4 Å². The molecule has 13 heteroatoms. The Labute approximate surface area is 218 Å². The van der Waals surface area contributed by atoms with Crippen molar-refractivity contribution in [3.8, 4) is 5.69 Å². The van der Waals surface area contributed by atoms with Crippen LogP contribution in [0.3, 0.4) is 0 Å². The summed E-state index contributed by atoms with van der Waals surface area (Å²) in [4.78, 5) is 43.9. The zero-order valence-corrected chi connectivity index (χ0v) is 20.8. The number of rotatable bonds is 5. The molecule has 0 unspecified atom stereocenters. The van der Waals surface area contributed by atoms with Crippen molar-refractivity contribution in [2.45, 2.75) is 51.4 Å². The van der Waals surface area contributed by atoms with Crippen molar-refractivity contribution in [3.63, 3.8) is 0 Å². The standard InChI is InChI=1S/C26H23F5N4O4/c1-11-5-14(27)6-12(2)20(11)35-10-17(25(39)32-22(13-3-4-13)26(29,30)31)21(38)16-8-18(28)24(33-23(16)35)34-9-15(36)7-19(34)37/h5-6,8,10,13,15,22,36H,3-4,7,9H2,1-2H3,(H,32,39)/t15-,22+/m0/s1. The molecule has 0 bridgehead atoms. The van der Waals surface area contributed by atoms with E-state index < -0.39 is 69.9 Å². The summed E-state index contributed by atoms with van der Waals surface area (Å²) in [6, 6.07) is 0.932. The maximum absolute atomic E-state index is 15.2. The Morgan fingerprint density at radius 2 is 1.77 bits per heavy atom. The maximum Gasteiger partial charge on any atom is 0.408 e. The van der Waals surface area contributed by atoms with Gasteiger partial charge in [-0.05, 0) is 61.9 Å². The van der Waals surface area contributed by atoms with Crippen LogP contribution in [-0.2, 0) is 4.79 Å². The van der Waals surface area contributed by atoms with Crippen molar-refractivity contribution in [3.05, 3.63) is 62.9 Å². The fourth-order valence-corrected chi connectivity index (χ4v) is 5.03. The lowest BCUT2D eigenvalue weighted by Crippen LogP contribution is -2.48. The smallest absolute Gasteiger partial charge is 0.391 e. The third-order valence-electron chi connectivity index (χ3n) is 6.95. The summed E-state index contributed by atoms with van der Waals surface area (Å²) in [5.74, 6) is -4.88. The first-order valence-electron chi connectivity index (χ1n) is 12.1. The number of hydrogen-bond acceptors (Lipinski definition) is 5. The lowest BCUT2D eigenvalue weighted by atomic mass is 10.1. The highest BCUT2D eigenvalue weighted by molar-refractivity contribution is 5.99. The van der Waals surface area contributed by atoms with Crippen LogP contribution in [0.25, 0.3) is 16.7 Å². The molecule has 8 nitrogen and oxygen atoms in total. The molecule has 1 saturated heterocycles. The molecular formula is C26H23F5N4O4. The summed E-state index contributed by atoms with van der Waals surface area (Å²) in [6.07, 6.45) is -4.54. The topological polar surface area (TPSA) is 105 Å². The molecule has 2 aromatic heterocycles. The van der Waals surface area contributed by atoms with Gasteiger partial charge in [0.05, 0.1) is 30.1 Å². The van der Waals surface area contributed by atoms with E-state index >= 15 is 4.39 Å². The van der Waals surface area contributed by atoms with Crippen molar-refractivity contribution in [1.29, 1.82) is 0 Å². The first-order valence-corrected chi connectivity index (χ1v) is 12.1. The minimum absolute atomic E-state index is 0.213. The number of fused-ring (bicyclic) bond motifs is 1. The number of pyridine rings is 2. The number of aliphatic hydroxyl groups excluding tert-OH is 1. The molecule has 2 N–H and O–H groups in total. The van der Waals surface area contributed by atoms with Gasteiger partial charge in [-0.15, -0.1) is 0 Å². The second kappa shape index (κ2) is 9.40. The van der Waals surface area contributed by atoms with Crippen LogP contribution in [0.2, 0.25) is 0 Å². The van der Waals surface area contributed by atoms with Gasteiger partial charge in [-0.3, -0.25) is 23.9 Å². The van der Waals surface area contributed by atoms with E-state index in [1.54, 1.807) is 0 Å². The minimum atomic E-state index is -4.74. The summed E-state index contributed by atoms with van der Waals surface area (Å²) in [5, 5.41) is 11.3. The van der Waals surface area contributed by atoms with Gasteiger partial charge in [-0.25, -0.2) is 13.8 Å². The summed E-state index contributed by atoms with van der Waals surface area (Å²) in [7, 11) is 0. The normalized spacial score (nSPS) is 18.6. The number of nitrogens with zero attached hydrogens (tertiary/aromatic N) is 3. The number of alkyl halides is 3. The largest absolute Gasteiger partial charge is 0.408 e. The molecule has 39 heavy (non-hydrogen) atoms. The predicted molar refractivity (Wildman–Crippen MR) is 130 cm³/mol. The molecule has 0 radical (unpaired) electrons. The number of aryl methyl sites for hydroxylation is 2. The van der Waals surface area contributed by atoms with Gasteiger partial charge >= 0.3 is 6.18 Å². The summed E-state index contributed by atoms with van der Waals surface area (Å²) >= 11 is 0. The SMILES string of the molecule is Cc1cc(F)cc(C)c1-n1cc(C(=O)N[C@H](C2CC2)C(F)(F)F)c(=O)c2cc(F)c(N3C[C@@H](O)CC3=O)nc21. The van der Waals surface area contributed by atoms with Crippen LogP contribution in [0, 0.1) is 31.4 Å². The number of halogens is 5. The Kier molecular flexibility index (Phi) is 6.44. The van der Waals surface area contributed by atoms with E-state index in [1.807, 2.05) is 5.32 Å². The highest BCUT2D eigenvalue weighted by Crippen LogP contribution is 2.40. The number of nitrogens with one attached hydrogen (secondary N) is 1. The van der Waals surface area contributed by atoms with Crippen molar-refractivity contribution in [1.82, 2.24) is 14.9 Å². The van der Waals surface area contributed by atoms with E-state index in [2.05, 4.69) is 4.98 Å². The predicted octanol–water partition coefficient (Wildman–Crippen LogP) is 3.45. The van der Waals surface area contributed by atoms with Gasteiger partial charge in [0.2, 0.25) is 11.3 Å². The maximum atomic E-state index is 15.2. The van der Waals surface area contributed by atoms with Crippen LogP contribution in [0.15, 0.2) is 29.2 Å². The van der Waals surface area contributed by atoms with Crippen LogP contribution in [0.5, 0.6) is 0 Å². The van der Waals surface area contributed by atoms with Crippen LogP contribution in [0.1, 0.15) is 40.7 Å². The highest BCUT2D eigenvalue weighted by atomic mass is 19.4. The third kappa shape index (κ3) is 4.86. The van der Waals surface area contributed by atoms with Gasteiger partial charge < -0.3 is 10.4 Å². The number of anilines is 1. The zero-order chi connectivity index (χ0) is 28.4. The highest BCUT2D eigenvalue weighted by Gasteiger charge is 2.50. The average molecular weight is 550 g/mol. The van der Waals surface area contributed by atoms with Crippen LogP contribution < -0.4 is 15.6 Å². The molecule has 2 amide bonds. The third-order valence-corrected chi connectivity index (χ3v) is 6.95. The van der Waals surface area contributed by atoms with Crippen molar-refractivity contribution < 1.29 is 36.6 Å². The Bertz CT molecular complexity index is 1560. The molecule has 1 saturated carbocycles. The fourth-order valence-electron chi connectivity index (χ4n) is 5.03. The van der Waals surface area contributed by atoms with E-state index in [4.69, 9.17) is 0 Å². The molecular weight excluding hydrogens is 527 g/mol. The number of hydrogen-bond donors (Lipinski definition) is 2. The second-order valence-electron chi connectivity index (χ2n) is 9.99. The number of carbonyl (C=O) groups is 2. The summed E-state index contributed by atoms with van der Waals surface area (Å²) < 4.78 is 71.3. The van der Waals surface area contributed by atoms with E-state index in [-0.39, 0.29) is 37.1 Å². The number of amides is 2. The van der Waals surface area contributed by atoms with Gasteiger partial charge in [0.15, 0.2) is 17.3 Å². The average Bonchev–Trinajstić information content (AvgIpc) is 3.60. The van der Waals surface area contributed by atoms with E-state index in [0.717, 1.165) is 17.2 Å².